The van der Waals surface area contributed by atoms with E-state index in [0.29, 0.717) is 25.1 Å². The third-order valence-electron chi connectivity index (χ3n) is 6.87. The summed E-state index contributed by atoms with van der Waals surface area (Å²) in [5, 5.41) is 2.91. The Labute approximate surface area is 239 Å². The molecule has 3 rings (SSSR count). The molecule has 2 amide bonds. The first kappa shape index (κ1) is 30.9. The minimum Gasteiger partial charge on any atom is -0.355 e. The van der Waals surface area contributed by atoms with Gasteiger partial charge in [0.05, 0.1) is 11.9 Å². The molecule has 40 heavy (non-hydrogen) atoms. The summed E-state index contributed by atoms with van der Waals surface area (Å²) in [5.74, 6) is -0.398. The van der Waals surface area contributed by atoms with E-state index < -0.39 is 16.1 Å². The Morgan fingerprint density at radius 2 is 1.52 bits per heavy atom. The number of carbonyl (C=O) groups excluding carboxylic acids is 2. The van der Waals surface area contributed by atoms with E-state index in [1.165, 1.54) is 10.6 Å². The fourth-order valence-corrected chi connectivity index (χ4v) is 5.86. The number of rotatable bonds is 13. The average molecular weight is 564 g/mol. The van der Waals surface area contributed by atoms with Crippen LogP contribution in [0.5, 0.6) is 0 Å². The van der Waals surface area contributed by atoms with E-state index in [0.717, 1.165) is 27.8 Å². The van der Waals surface area contributed by atoms with E-state index in [1.54, 1.807) is 4.90 Å². The van der Waals surface area contributed by atoms with Crippen molar-refractivity contribution >= 4 is 27.5 Å². The average Bonchev–Trinajstić information content (AvgIpc) is 2.89. The number of sulfonamides is 1. The SMILES string of the molecule is CCNC(=O)[C@H](Cc1ccccc1)N(Cc1ccccc1C)C(=O)CCCN(c1cc(C)cc(C)c1)S(C)(=O)=O. The van der Waals surface area contributed by atoms with Crippen molar-refractivity contribution in [3.05, 3.63) is 101 Å². The minimum atomic E-state index is -3.56. The summed E-state index contributed by atoms with van der Waals surface area (Å²) in [6.07, 6.45) is 1.98. The first-order chi connectivity index (χ1) is 19.0. The topological polar surface area (TPSA) is 86.8 Å². The van der Waals surface area contributed by atoms with E-state index in [4.69, 9.17) is 0 Å². The van der Waals surface area contributed by atoms with Crippen molar-refractivity contribution in [3.8, 4) is 0 Å². The van der Waals surface area contributed by atoms with Gasteiger partial charge in [-0.1, -0.05) is 60.7 Å². The van der Waals surface area contributed by atoms with Gasteiger partial charge in [0.2, 0.25) is 21.8 Å². The van der Waals surface area contributed by atoms with E-state index in [-0.39, 0.29) is 31.3 Å². The Morgan fingerprint density at radius 3 is 2.12 bits per heavy atom. The molecule has 0 aliphatic heterocycles. The number of benzene rings is 3. The van der Waals surface area contributed by atoms with Crippen LogP contribution in [0.1, 0.15) is 47.6 Å². The summed E-state index contributed by atoms with van der Waals surface area (Å²) >= 11 is 0. The molecule has 1 atom stereocenters. The summed E-state index contributed by atoms with van der Waals surface area (Å²) < 4.78 is 26.7. The number of nitrogens with one attached hydrogen (secondary N) is 1. The van der Waals surface area contributed by atoms with E-state index in [1.807, 2.05) is 100 Å². The predicted molar refractivity (Wildman–Crippen MR) is 162 cm³/mol. The second-order valence-corrected chi connectivity index (χ2v) is 12.2. The van der Waals surface area contributed by atoms with Crippen LogP contribution < -0.4 is 9.62 Å². The van der Waals surface area contributed by atoms with Crippen molar-refractivity contribution in [1.29, 1.82) is 0 Å². The Kier molecular flexibility index (Phi) is 10.9. The Morgan fingerprint density at radius 1 is 0.900 bits per heavy atom. The highest BCUT2D eigenvalue weighted by atomic mass is 32.2. The van der Waals surface area contributed by atoms with Gasteiger partial charge in [0.1, 0.15) is 6.04 Å². The van der Waals surface area contributed by atoms with Crippen molar-refractivity contribution in [2.45, 2.75) is 59.5 Å². The molecule has 7 nitrogen and oxygen atoms in total. The van der Waals surface area contributed by atoms with Gasteiger partial charge in [-0.15, -0.1) is 0 Å². The molecule has 0 spiro atoms. The van der Waals surface area contributed by atoms with Crippen molar-refractivity contribution in [2.24, 2.45) is 0 Å². The molecule has 0 saturated carbocycles. The molecule has 0 aromatic heterocycles. The molecule has 0 unspecified atom stereocenters. The third-order valence-corrected chi connectivity index (χ3v) is 8.06. The van der Waals surface area contributed by atoms with Crippen LogP contribution in [-0.4, -0.2) is 50.5 Å². The molecule has 0 fully saturated rings. The Hall–Kier alpha value is -3.65. The van der Waals surface area contributed by atoms with E-state index in [9.17, 15) is 18.0 Å². The highest BCUT2D eigenvalue weighted by Crippen LogP contribution is 2.23. The van der Waals surface area contributed by atoms with Crippen molar-refractivity contribution in [2.75, 3.05) is 23.7 Å². The maximum atomic E-state index is 13.9. The van der Waals surface area contributed by atoms with Gasteiger partial charge in [-0.25, -0.2) is 8.42 Å². The van der Waals surface area contributed by atoms with Crippen molar-refractivity contribution < 1.29 is 18.0 Å². The van der Waals surface area contributed by atoms with Crippen LogP contribution in [0, 0.1) is 20.8 Å². The smallest absolute Gasteiger partial charge is 0.243 e. The van der Waals surface area contributed by atoms with Gasteiger partial charge in [-0.3, -0.25) is 13.9 Å². The zero-order valence-corrected chi connectivity index (χ0v) is 25.0. The number of aryl methyl sites for hydroxylation is 3. The molecule has 0 aliphatic rings. The van der Waals surface area contributed by atoms with E-state index in [2.05, 4.69) is 5.32 Å². The first-order valence-corrected chi connectivity index (χ1v) is 15.6. The number of nitrogens with zero attached hydrogens (tertiary/aromatic N) is 2. The van der Waals surface area contributed by atoms with Crippen LogP contribution in [0.15, 0.2) is 72.8 Å². The van der Waals surface area contributed by atoms with Crippen LogP contribution in [0.2, 0.25) is 0 Å². The Balaban J connectivity index is 1.88. The summed E-state index contributed by atoms with van der Waals surface area (Å²) in [6.45, 7) is 8.61. The second-order valence-electron chi connectivity index (χ2n) is 10.3. The summed E-state index contributed by atoms with van der Waals surface area (Å²) in [4.78, 5) is 28.8. The van der Waals surface area contributed by atoms with Gasteiger partial charge >= 0.3 is 0 Å². The normalized spacial score (nSPS) is 12.0. The highest BCUT2D eigenvalue weighted by molar-refractivity contribution is 7.92. The van der Waals surface area contributed by atoms with Crippen LogP contribution in [0.3, 0.4) is 0 Å². The highest BCUT2D eigenvalue weighted by Gasteiger charge is 2.30. The fourth-order valence-electron chi connectivity index (χ4n) is 4.92. The molecule has 0 radical (unpaired) electrons. The number of hydrogen-bond donors (Lipinski definition) is 1. The van der Waals surface area contributed by atoms with Gasteiger partial charge in [-0.05, 0) is 74.1 Å². The lowest BCUT2D eigenvalue weighted by Crippen LogP contribution is -2.50. The molecular weight excluding hydrogens is 522 g/mol. The molecule has 3 aromatic carbocycles. The van der Waals surface area contributed by atoms with Crippen LogP contribution in [0.4, 0.5) is 5.69 Å². The largest absolute Gasteiger partial charge is 0.355 e. The molecular formula is C32H41N3O4S. The Bertz CT molecular complexity index is 1390. The quantitative estimate of drug-likeness (QED) is 0.319. The zero-order chi connectivity index (χ0) is 29.3. The molecule has 0 heterocycles. The van der Waals surface area contributed by atoms with Crippen molar-refractivity contribution in [3.63, 3.8) is 0 Å². The van der Waals surface area contributed by atoms with Crippen LogP contribution in [0.25, 0.3) is 0 Å². The number of carbonyl (C=O) groups is 2. The second kappa shape index (κ2) is 14.1. The number of hydrogen-bond acceptors (Lipinski definition) is 4. The fraction of sp³-hybridized carbons (Fsp3) is 0.375. The molecule has 214 valence electrons. The number of amides is 2. The summed E-state index contributed by atoms with van der Waals surface area (Å²) in [5.41, 5.74) is 5.48. The molecule has 1 N–H and O–H groups in total. The number of anilines is 1. The van der Waals surface area contributed by atoms with Crippen LogP contribution >= 0.6 is 0 Å². The lowest BCUT2D eigenvalue weighted by atomic mass is 10.0. The van der Waals surface area contributed by atoms with Gasteiger partial charge in [0, 0.05) is 32.5 Å². The summed E-state index contributed by atoms with van der Waals surface area (Å²) in [6, 6.07) is 22.5. The molecule has 0 aliphatic carbocycles. The molecule has 8 heteroatoms. The molecule has 0 bridgehead atoms. The zero-order valence-electron chi connectivity index (χ0n) is 24.2. The first-order valence-electron chi connectivity index (χ1n) is 13.7. The maximum absolute atomic E-state index is 13.9. The minimum absolute atomic E-state index is 0.105. The van der Waals surface area contributed by atoms with Crippen LogP contribution in [-0.2, 0) is 32.6 Å². The predicted octanol–water partition coefficient (Wildman–Crippen LogP) is 4.93. The van der Waals surface area contributed by atoms with Gasteiger partial charge in [0.25, 0.3) is 0 Å². The van der Waals surface area contributed by atoms with Gasteiger partial charge in [-0.2, -0.15) is 0 Å². The number of likely N-dealkylation sites (N-methyl/N-ethyl adjacent to an activating group) is 1. The summed E-state index contributed by atoms with van der Waals surface area (Å²) in [7, 11) is -3.56. The van der Waals surface area contributed by atoms with Gasteiger partial charge in [0.15, 0.2) is 0 Å². The van der Waals surface area contributed by atoms with E-state index >= 15 is 0 Å². The molecule has 0 saturated heterocycles. The lowest BCUT2D eigenvalue weighted by Gasteiger charge is -2.32. The monoisotopic (exact) mass is 563 g/mol. The van der Waals surface area contributed by atoms with Gasteiger partial charge < -0.3 is 10.2 Å². The standard InChI is InChI=1S/C32H41N3O4S/c1-6-33-32(37)30(22-27-14-8-7-9-15-27)34(23-28-16-11-10-13-26(28)4)31(36)17-12-18-35(40(5,38)39)29-20-24(2)19-25(3)21-29/h7-11,13-16,19-21,30H,6,12,17-18,22-23H2,1-5H3,(H,33,37)/t30-/m0/s1. The third kappa shape index (κ3) is 8.68. The maximum Gasteiger partial charge on any atom is 0.243 e. The van der Waals surface area contributed by atoms with Crippen molar-refractivity contribution in [1.82, 2.24) is 10.2 Å². The lowest BCUT2D eigenvalue weighted by molar-refractivity contribution is -0.141. The molecule has 3 aromatic rings.